The molecule has 1 aromatic rings. The summed E-state index contributed by atoms with van der Waals surface area (Å²) in [5.74, 6) is 0.706. The van der Waals surface area contributed by atoms with Crippen molar-refractivity contribution in [2.45, 2.75) is 51.0 Å². The largest absolute Gasteiger partial charge is 0.472 e. The van der Waals surface area contributed by atoms with Crippen LogP contribution in [-0.4, -0.2) is 10.5 Å². The van der Waals surface area contributed by atoms with Gasteiger partial charge in [0.15, 0.2) is 16.0 Å². The highest BCUT2D eigenvalue weighted by Gasteiger charge is 2.27. The molecule has 0 heterocycles. The van der Waals surface area contributed by atoms with Crippen LogP contribution in [0, 0.1) is 0 Å². The van der Waals surface area contributed by atoms with Crippen LogP contribution >= 0.6 is 15.9 Å². The molecule has 0 aliphatic rings. The van der Waals surface area contributed by atoms with Crippen molar-refractivity contribution in [3.63, 3.8) is 0 Å². The topological polar surface area (TPSA) is 35.5 Å². The number of hydrogen-bond acceptors (Lipinski definition) is 3. The first kappa shape index (κ1) is 16.0. The van der Waals surface area contributed by atoms with Crippen molar-refractivity contribution in [2.75, 3.05) is 0 Å². The van der Waals surface area contributed by atoms with E-state index >= 15 is 0 Å². The van der Waals surface area contributed by atoms with Crippen LogP contribution in [0.1, 0.15) is 46.5 Å². The highest BCUT2D eigenvalue weighted by molar-refractivity contribution is 9.10. The minimum atomic E-state index is -0.404. The third-order valence-electron chi connectivity index (χ3n) is 2.83. The third-order valence-corrected chi connectivity index (χ3v) is 3.95. The van der Waals surface area contributed by atoms with Gasteiger partial charge in [0.25, 0.3) is 0 Å². The number of rotatable bonds is 7. The molecule has 3 nitrogen and oxygen atoms in total. The standard InChI is InChI=1S/C15H21BrO3/c1-4-6-11-15(16,5-2)19-14-10-8-7-9-13(14)18-12(3)17/h7-10H,4-6,11H2,1-3H3. The van der Waals surface area contributed by atoms with Crippen LogP contribution in [0.3, 0.4) is 0 Å². The molecule has 0 aliphatic heterocycles. The van der Waals surface area contributed by atoms with Gasteiger partial charge in [0.05, 0.1) is 0 Å². The molecule has 0 N–H and O–H groups in total. The molecule has 0 amide bonds. The summed E-state index contributed by atoms with van der Waals surface area (Å²) in [6.45, 7) is 5.60. The van der Waals surface area contributed by atoms with Crippen LogP contribution in [0.15, 0.2) is 24.3 Å². The fraction of sp³-hybridized carbons (Fsp3) is 0.533. The smallest absolute Gasteiger partial charge is 0.308 e. The van der Waals surface area contributed by atoms with Crippen LogP contribution in [0.25, 0.3) is 0 Å². The molecule has 1 rings (SSSR count). The predicted octanol–water partition coefficient (Wildman–Crippen LogP) is 4.68. The summed E-state index contributed by atoms with van der Waals surface area (Å²) in [4.78, 5) is 11.1. The summed E-state index contributed by atoms with van der Waals surface area (Å²) in [6, 6.07) is 7.24. The van der Waals surface area contributed by atoms with E-state index in [9.17, 15) is 4.79 Å². The average Bonchev–Trinajstić information content (AvgIpc) is 2.38. The van der Waals surface area contributed by atoms with E-state index in [-0.39, 0.29) is 5.97 Å². The molecular formula is C15H21BrO3. The quantitative estimate of drug-likeness (QED) is 0.414. The number of hydrogen-bond donors (Lipinski definition) is 0. The Balaban J connectivity index is 2.87. The van der Waals surface area contributed by atoms with Gasteiger partial charge in [-0.25, -0.2) is 0 Å². The maximum absolute atomic E-state index is 11.1. The monoisotopic (exact) mass is 328 g/mol. The Morgan fingerprint density at radius 3 is 2.42 bits per heavy atom. The van der Waals surface area contributed by atoms with E-state index in [1.165, 1.54) is 6.92 Å². The molecule has 1 atom stereocenters. The Morgan fingerprint density at radius 1 is 1.26 bits per heavy atom. The number of benzene rings is 1. The number of esters is 1. The first-order valence-electron chi connectivity index (χ1n) is 6.66. The van der Waals surface area contributed by atoms with E-state index in [0.29, 0.717) is 11.5 Å². The minimum absolute atomic E-state index is 0.346. The maximum Gasteiger partial charge on any atom is 0.308 e. The van der Waals surface area contributed by atoms with Gasteiger partial charge < -0.3 is 9.47 Å². The Labute approximate surface area is 123 Å². The first-order chi connectivity index (χ1) is 9.00. The second kappa shape index (κ2) is 7.53. The van der Waals surface area contributed by atoms with E-state index in [0.717, 1.165) is 25.7 Å². The molecule has 1 aromatic carbocycles. The summed E-state index contributed by atoms with van der Waals surface area (Å²) >= 11 is 3.66. The van der Waals surface area contributed by atoms with Crippen LogP contribution in [0.4, 0.5) is 0 Å². The number of carbonyl (C=O) groups excluding carboxylic acids is 1. The molecule has 0 spiro atoms. The average molecular weight is 329 g/mol. The molecule has 1 unspecified atom stereocenters. The Bertz CT molecular complexity index is 420. The van der Waals surface area contributed by atoms with Gasteiger partial charge in [0, 0.05) is 6.92 Å². The van der Waals surface area contributed by atoms with Crippen LogP contribution < -0.4 is 9.47 Å². The summed E-state index contributed by atoms with van der Waals surface area (Å²) < 4.78 is 10.8. The molecule has 19 heavy (non-hydrogen) atoms. The summed E-state index contributed by atoms with van der Waals surface area (Å²) in [5, 5.41) is 0. The molecule has 0 aromatic heterocycles. The van der Waals surface area contributed by atoms with E-state index in [1.54, 1.807) is 6.07 Å². The van der Waals surface area contributed by atoms with E-state index in [2.05, 4.69) is 29.8 Å². The third kappa shape index (κ3) is 5.23. The van der Waals surface area contributed by atoms with Crippen molar-refractivity contribution < 1.29 is 14.3 Å². The Hall–Kier alpha value is -1.03. The number of ether oxygens (including phenoxy) is 2. The van der Waals surface area contributed by atoms with Gasteiger partial charge in [-0.3, -0.25) is 4.79 Å². The molecular weight excluding hydrogens is 308 g/mol. The van der Waals surface area contributed by atoms with Crippen LogP contribution in [0.5, 0.6) is 11.5 Å². The molecule has 106 valence electrons. The van der Waals surface area contributed by atoms with Gasteiger partial charge in [0.2, 0.25) is 0 Å². The maximum atomic E-state index is 11.1. The lowest BCUT2D eigenvalue weighted by Crippen LogP contribution is -2.28. The zero-order valence-corrected chi connectivity index (χ0v) is 13.3. The number of carbonyl (C=O) groups is 1. The molecule has 0 aliphatic carbocycles. The second-order valence-electron chi connectivity index (χ2n) is 4.48. The summed E-state index contributed by atoms with van der Waals surface area (Å²) in [5.41, 5.74) is 0. The summed E-state index contributed by atoms with van der Waals surface area (Å²) in [6.07, 6.45) is 3.94. The molecule has 0 radical (unpaired) electrons. The lowest BCUT2D eigenvalue weighted by atomic mass is 10.1. The molecule has 0 bridgehead atoms. The number of para-hydroxylation sites is 2. The summed E-state index contributed by atoms with van der Waals surface area (Å²) in [7, 11) is 0. The Morgan fingerprint density at radius 2 is 1.89 bits per heavy atom. The van der Waals surface area contributed by atoms with Crippen molar-refractivity contribution in [1.82, 2.24) is 0 Å². The van der Waals surface area contributed by atoms with Crippen molar-refractivity contribution in [3.8, 4) is 11.5 Å². The Kier molecular flexibility index (Phi) is 6.35. The second-order valence-corrected chi connectivity index (χ2v) is 5.93. The lowest BCUT2D eigenvalue weighted by molar-refractivity contribution is -0.132. The number of halogens is 1. The highest BCUT2D eigenvalue weighted by Crippen LogP contribution is 2.36. The van der Waals surface area contributed by atoms with Gasteiger partial charge in [0.1, 0.15) is 0 Å². The number of alkyl halides is 1. The first-order valence-corrected chi connectivity index (χ1v) is 7.45. The zero-order valence-electron chi connectivity index (χ0n) is 11.7. The predicted molar refractivity (Wildman–Crippen MR) is 79.9 cm³/mol. The van der Waals surface area contributed by atoms with Gasteiger partial charge in [-0.15, -0.1) is 0 Å². The fourth-order valence-corrected chi connectivity index (χ4v) is 2.17. The van der Waals surface area contributed by atoms with Crippen molar-refractivity contribution in [3.05, 3.63) is 24.3 Å². The molecule has 0 saturated heterocycles. The van der Waals surface area contributed by atoms with Crippen molar-refractivity contribution in [1.29, 1.82) is 0 Å². The normalized spacial score (nSPS) is 13.7. The fourth-order valence-electron chi connectivity index (χ4n) is 1.71. The van der Waals surface area contributed by atoms with Crippen LogP contribution in [-0.2, 0) is 4.79 Å². The zero-order chi connectivity index (χ0) is 14.3. The van der Waals surface area contributed by atoms with Crippen LogP contribution in [0.2, 0.25) is 0 Å². The van der Waals surface area contributed by atoms with E-state index in [1.807, 2.05) is 18.2 Å². The molecule has 4 heteroatoms. The number of unbranched alkanes of at least 4 members (excludes halogenated alkanes) is 1. The minimum Gasteiger partial charge on any atom is -0.472 e. The highest BCUT2D eigenvalue weighted by atomic mass is 79.9. The van der Waals surface area contributed by atoms with Gasteiger partial charge in [-0.1, -0.05) is 32.4 Å². The molecule has 0 saturated carbocycles. The van der Waals surface area contributed by atoms with Gasteiger partial charge in [-0.05, 0) is 47.3 Å². The molecule has 0 fully saturated rings. The van der Waals surface area contributed by atoms with Crippen molar-refractivity contribution in [2.24, 2.45) is 0 Å². The van der Waals surface area contributed by atoms with Gasteiger partial charge >= 0.3 is 5.97 Å². The lowest BCUT2D eigenvalue weighted by Gasteiger charge is -2.28. The van der Waals surface area contributed by atoms with Gasteiger partial charge in [-0.2, -0.15) is 0 Å². The van der Waals surface area contributed by atoms with Crippen molar-refractivity contribution >= 4 is 21.9 Å². The SMILES string of the molecule is CCCCC(Br)(CC)Oc1ccccc1OC(C)=O. The van der Waals surface area contributed by atoms with E-state index < -0.39 is 4.51 Å². The van der Waals surface area contributed by atoms with E-state index in [4.69, 9.17) is 9.47 Å².